The average molecular weight is 171 g/mol. The fourth-order valence-electron chi connectivity index (χ4n) is 0.789. The van der Waals surface area contributed by atoms with Gasteiger partial charge in [-0.1, -0.05) is 41.4 Å². The lowest BCUT2D eigenvalue weighted by Crippen LogP contribution is -1.73. The van der Waals surface area contributed by atoms with Gasteiger partial charge in [-0.25, -0.2) is 0 Å². The minimum absolute atomic E-state index is 0.686. The second kappa shape index (κ2) is 3.54. The van der Waals surface area contributed by atoms with E-state index in [1.54, 1.807) is 0 Å². The zero-order valence-electron chi connectivity index (χ0n) is 6.14. The lowest BCUT2D eigenvalue weighted by molar-refractivity contribution is 0.702. The first kappa shape index (κ1) is 8.28. The van der Waals surface area contributed by atoms with Gasteiger partial charge in [0, 0.05) is 0 Å². The first-order valence-electron chi connectivity index (χ1n) is 3.28. The van der Waals surface area contributed by atoms with E-state index in [1.807, 2.05) is 31.2 Å². The van der Waals surface area contributed by atoms with Gasteiger partial charge >= 0.3 is 0 Å². The SMILES string of the molecule is Cc1ccc(/C=C(/F)Cl)cc1. The zero-order chi connectivity index (χ0) is 8.27. The molecule has 0 unspecified atom stereocenters. The van der Waals surface area contributed by atoms with Crippen LogP contribution in [-0.4, -0.2) is 0 Å². The van der Waals surface area contributed by atoms with Crippen LogP contribution >= 0.6 is 11.6 Å². The molecule has 1 rings (SSSR count). The Hall–Kier alpha value is -0.820. The van der Waals surface area contributed by atoms with E-state index in [4.69, 9.17) is 11.6 Å². The van der Waals surface area contributed by atoms with Gasteiger partial charge in [0.2, 0.25) is 0 Å². The van der Waals surface area contributed by atoms with Crippen molar-refractivity contribution >= 4 is 17.7 Å². The van der Waals surface area contributed by atoms with E-state index in [2.05, 4.69) is 0 Å². The first-order chi connectivity index (χ1) is 5.18. The van der Waals surface area contributed by atoms with Gasteiger partial charge in [0.25, 0.3) is 0 Å². The maximum atomic E-state index is 12.1. The molecule has 0 bridgehead atoms. The van der Waals surface area contributed by atoms with Crippen LogP contribution in [0.3, 0.4) is 0 Å². The number of rotatable bonds is 1. The second-order valence-electron chi connectivity index (χ2n) is 2.34. The smallest absolute Gasteiger partial charge is 0.189 e. The molecule has 1 aromatic rings. The van der Waals surface area contributed by atoms with Crippen LogP contribution in [0.15, 0.2) is 29.6 Å². The summed E-state index contributed by atoms with van der Waals surface area (Å²) in [6, 6.07) is 7.45. The highest BCUT2D eigenvalue weighted by molar-refractivity contribution is 6.30. The third-order valence-electron chi connectivity index (χ3n) is 1.35. The van der Waals surface area contributed by atoms with E-state index in [-0.39, 0.29) is 0 Å². The van der Waals surface area contributed by atoms with Gasteiger partial charge in [0.1, 0.15) is 0 Å². The predicted molar refractivity (Wildman–Crippen MR) is 46.1 cm³/mol. The minimum Gasteiger partial charge on any atom is -0.194 e. The van der Waals surface area contributed by atoms with Crippen LogP contribution in [0.25, 0.3) is 6.08 Å². The Kier molecular flexibility index (Phi) is 2.66. The van der Waals surface area contributed by atoms with Gasteiger partial charge in [-0.15, -0.1) is 0 Å². The van der Waals surface area contributed by atoms with Crippen LogP contribution in [0.2, 0.25) is 0 Å². The van der Waals surface area contributed by atoms with E-state index in [9.17, 15) is 4.39 Å². The summed E-state index contributed by atoms with van der Waals surface area (Å²) in [5.74, 6) is 0. The van der Waals surface area contributed by atoms with E-state index < -0.39 is 5.29 Å². The highest BCUT2D eigenvalue weighted by atomic mass is 35.5. The largest absolute Gasteiger partial charge is 0.194 e. The van der Waals surface area contributed by atoms with Crippen molar-refractivity contribution in [2.75, 3.05) is 0 Å². The highest BCUT2D eigenvalue weighted by Crippen LogP contribution is 2.11. The molecule has 0 fully saturated rings. The summed E-state index contributed by atoms with van der Waals surface area (Å²) in [6.07, 6.45) is 1.28. The van der Waals surface area contributed by atoms with Crippen LogP contribution in [-0.2, 0) is 0 Å². The zero-order valence-corrected chi connectivity index (χ0v) is 6.90. The minimum atomic E-state index is -0.686. The fourth-order valence-corrected chi connectivity index (χ4v) is 0.915. The number of benzene rings is 1. The lowest BCUT2D eigenvalue weighted by atomic mass is 10.1. The number of hydrogen-bond donors (Lipinski definition) is 0. The van der Waals surface area contributed by atoms with Crippen LogP contribution in [0.1, 0.15) is 11.1 Å². The molecule has 11 heavy (non-hydrogen) atoms. The third-order valence-corrected chi connectivity index (χ3v) is 1.46. The van der Waals surface area contributed by atoms with E-state index >= 15 is 0 Å². The summed E-state index contributed by atoms with van der Waals surface area (Å²) in [5.41, 5.74) is 1.93. The topological polar surface area (TPSA) is 0 Å². The van der Waals surface area contributed by atoms with E-state index in [0.29, 0.717) is 0 Å². The quantitative estimate of drug-likeness (QED) is 0.605. The van der Waals surface area contributed by atoms with Crippen molar-refractivity contribution in [3.8, 4) is 0 Å². The summed E-state index contributed by atoms with van der Waals surface area (Å²) >= 11 is 5.05. The van der Waals surface area contributed by atoms with Crippen LogP contribution in [0.4, 0.5) is 4.39 Å². The second-order valence-corrected chi connectivity index (χ2v) is 2.71. The Balaban J connectivity index is 2.91. The predicted octanol–water partition coefficient (Wildman–Crippen LogP) is 3.50. The lowest BCUT2D eigenvalue weighted by Gasteiger charge is -1.92. The molecule has 1 aromatic carbocycles. The molecule has 0 saturated carbocycles. The standard InChI is InChI=1S/C9H8ClF/c1-7-2-4-8(5-3-7)6-9(10)11/h2-6H,1H3/b9-6+. The Morgan fingerprint density at radius 2 is 1.91 bits per heavy atom. The van der Waals surface area contributed by atoms with Crippen molar-refractivity contribution in [3.05, 3.63) is 40.7 Å². The van der Waals surface area contributed by atoms with E-state index in [1.165, 1.54) is 6.08 Å². The van der Waals surface area contributed by atoms with Gasteiger partial charge in [0.05, 0.1) is 0 Å². The molecule has 0 heterocycles. The summed E-state index contributed by atoms with van der Waals surface area (Å²) in [7, 11) is 0. The van der Waals surface area contributed by atoms with Gasteiger partial charge in [-0.05, 0) is 18.6 Å². The van der Waals surface area contributed by atoms with Gasteiger partial charge in [0.15, 0.2) is 5.29 Å². The maximum absolute atomic E-state index is 12.1. The monoisotopic (exact) mass is 170 g/mol. The molecule has 2 heteroatoms. The molecule has 0 aliphatic heterocycles. The Bertz CT molecular complexity index is 257. The molecule has 0 saturated heterocycles. The first-order valence-corrected chi connectivity index (χ1v) is 3.65. The fraction of sp³-hybridized carbons (Fsp3) is 0.111. The molecule has 0 aliphatic carbocycles. The molecule has 0 nitrogen and oxygen atoms in total. The number of hydrogen-bond acceptors (Lipinski definition) is 0. The Labute approximate surface area is 70.3 Å². The maximum Gasteiger partial charge on any atom is 0.189 e. The molecule has 0 aromatic heterocycles. The van der Waals surface area contributed by atoms with Crippen molar-refractivity contribution in [1.82, 2.24) is 0 Å². The number of halogens is 2. The van der Waals surface area contributed by atoms with Crippen molar-refractivity contribution in [3.63, 3.8) is 0 Å². The van der Waals surface area contributed by atoms with Gasteiger partial charge in [-0.2, -0.15) is 4.39 Å². The molecule has 0 atom stereocenters. The molecular formula is C9H8ClF. The van der Waals surface area contributed by atoms with Gasteiger partial charge < -0.3 is 0 Å². The molecule has 58 valence electrons. The van der Waals surface area contributed by atoms with Crippen LogP contribution in [0.5, 0.6) is 0 Å². The molecule has 0 radical (unpaired) electrons. The highest BCUT2D eigenvalue weighted by Gasteiger charge is 1.89. The summed E-state index contributed by atoms with van der Waals surface area (Å²) < 4.78 is 12.1. The van der Waals surface area contributed by atoms with E-state index in [0.717, 1.165) is 11.1 Å². The van der Waals surface area contributed by atoms with Crippen LogP contribution in [0, 0.1) is 6.92 Å². The third kappa shape index (κ3) is 2.72. The Morgan fingerprint density at radius 1 is 1.36 bits per heavy atom. The van der Waals surface area contributed by atoms with Gasteiger partial charge in [-0.3, -0.25) is 0 Å². The average Bonchev–Trinajstić information content (AvgIpc) is 1.93. The van der Waals surface area contributed by atoms with Crippen molar-refractivity contribution in [2.45, 2.75) is 6.92 Å². The molecule has 0 aliphatic rings. The van der Waals surface area contributed by atoms with Crippen molar-refractivity contribution in [2.24, 2.45) is 0 Å². The number of aryl methyl sites for hydroxylation is 1. The molecule has 0 amide bonds. The van der Waals surface area contributed by atoms with Crippen molar-refractivity contribution < 1.29 is 4.39 Å². The van der Waals surface area contributed by atoms with Crippen LogP contribution < -0.4 is 0 Å². The summed E-state index contributed by atoms with van der Waals surface area (Å²) in [4.78, 5) is 0. The van der Waals surface area contributed by atoms with Crippen molar-refractivity contribution in [1.29, 1.82) is 0 Å². The molecule has 0 N–H and O–H groups in total. The molecule has 0 spiro atoms. The molecular weight excluding hydrogens is 163 g/mol. The summed E-state index contributed by atoms with van der Waals surface area (Å²) in [6.45, 7) is 1.98. The Morgan fingerprint density at radius 3 is 2.36 bits per heavy atom. The normalized spacial score (nSPS) is 11.7. The summed E-state index contributed by atoms with van der Waals surface area (Å²) in [5, 5.41) is -0.686.